The summed E-state index contributed by atoms with van der Waals surface area (Å²) in [7, 11) is 0. The first-order valence-electron chi connectivity index (χ1n) is 8.85. The van der Waals surface area contributed by atoms with E-state index in [0.29, 0.717) is 25.1 Å². The number of benzene rings is 1. The normalized spacial score (nSPS) is 24.2. The van der Waals surface area contributed by atoms with Gasteiger partial charge >= 0.3 is 6.03 Å². The standard InChI is InChI=1S/C18H26FN3O2S/c19-16-4-2-1-3-15(16)5-7-20-17(23)21-13-18(6-12-25-14-18)22-8-10-24-11-9-22/h1-4H,5-14H2,(H2,20,21,23). The predicted molar refractivity (Wildman–Crippen MR) is 98.6 cm³/mol. The summed E-state index contributed by atoms with van der Waals surface area (Å²) in [6.45, 7) is 4.45. The average molecular weight is 367 g/mol. The minimum absolute atomic E-state index is 0.0390. The third kappa shape index (κ3) is 4.86. The third-order valence-electron chi connectivity index (χ3n) is 4.98. The van der Waals surface area contributed by atoms with Crippen LogP contribution in [0.4, 0.5) is 9.18 Å². The van der Waals surface area contributed by atoms with Crippen molar-refractivity contribution in [2.24, 2.45) is 0 Å². The van der Waals surface area contributed by atoms with Crippen LogP contribution in [0, 0.1) is 5.82 Å². The Hall–Kier alpha value is -1.31. The topological polar surface area (TPSA) is 53.6 Å². The molecule has 7 heteroatoms. The number of nitrogens with zero attached hydrogens (tertiary/aromatic N) is 1. The molecule has 2 aliphatic rings. The van der Waals surface area contributed by atoms with Crippen LogP contribution in [0.1, 0.15) is 12.0 Å². The number of halogens is 1. The highest BCUT2D eigenvalue weighted by molar-refractivity contribution is 7.99. The molecule has 0 aliphatic carbocycles. The van der Waals surface area contributed by atoms with E-state index >= 15 is 0 Å². The first-order chi connectivity index (χ1) is 12.2. The maximum Gasteiger partial charge on any atom is 0.314 e. The molecule has 1 aromatic rings. The SMILES string of the molecule is O=C(NCCc1ccccc1F)NCC1(N2CCOCC2)CCSC1. The molecule has 3 rings (SSSR count). The Kier molecular flexibility index (Phi) is 6.56. The fourth-order valence-electron chi connectivity index (χ4n) is 3.45. The van der Waals surface area contributed by atoms with Crippen LogP contribution in [0.5, 0.6) is 0 Å². The quantitative estimate of drug-likeness (QED) is 0.806. The van der Waals surface area contributed by atoms with E-state index in [1.54, 1.807) is 12.1 Å². The van der Waals surface area contributed by atoms with Gasteiger partial charge in [0.1, 0.15) is 5.82 Å². The minimum atomic E-state index is -0.223. The van der Waals surface area contributed by atoms with E-state index in [1.165, 1.54) is 6.07 Å². The number of hydrogen-bond acceptors (Lipinski definition) is 4. The number of carbonyl (C=O) groups is 1. The monoisotopic (exact) mass is 367 g/mol. The first-order valence-corrected chi connectivity index (χ1v) is 10.0. The van der Waals surface area contributed by atoms with E-state index in [-0.39, 0.29) is 17.4 Å². The van der Waals surface area contributed by atoms with E-state index in [9.17, 15) is 9.18 Å². The van der Waals surface area contributed by atoms with Crippen LogP contribution in [0.25, 0.3) is 0 Å². The molecule has 0 saturated carbocycles. The van der Waals surface area contributed by atoms with Gasteiger partial charge in [0.25, 0.3) is 0 Å². The van der Waals surface area contributed by atoms with Crippen LogP contribution in [-0.4, -0.2) is 67.4 Å². The lowest BCUT2D eigenvalue weighted by Gasteiger charge is -2.43. The molecule has 2 fully saturated rings. The van der Waals surface area contributed by atoms with E-state index < -0.39 is 0 Å². The highest BCUT2D eigenvalue weighted by Crippen LogP contribution is 2.33. The summed E-state index contributed by atoms with van der Waals surface area (Å²) in [6.07, 6.45) is 1.58. The molecule has 2 N–H and O–H groups in total. The first kappa shape index (κ1) is 18.5. The van der Waals surface area contributed by atoms with E-state index in [1.807, 2.05) is 17.8 Å². The van der Waals surface area contributed by atoms with E-state index in [0.717, 1.165) is 44.2 Å². The average Bonchev–Trinajstić information content (AvgIpc) is 3.13. The zero-order chi connectivity index (χ0) is 17.5. The molecule has 2 amide bonds. The second kappa shape index (κ2) is 8.87. The van der Waals surface area contributed by atoms with Gasteiger partial charge in [0.05, 0.1) is 13.2 Å². The van der Waals surface area contributed by atoms with Gasteiger partial charge in [-0.15, -0.1) is 0 Å². The zero-order valence-electron chi connectivity index (χ0n) is 14.4. The Labute approximate surface area is 152 Å². The Morgan fingerprint density at radius 3 is 2.80 bits per heavy atom. The number of morpholine rings is 1. The van der Waals surface area contributed by atoms with Crippen LogP contribution in [-0.2, 0) is 11.2 Å². The van der Waals surface area contributed by atoms with Crippen molar-refractivity contribution in [2.45, 2.75) is 18.4 Å². The van der Waals surface area contributed by atoms with Crippen LogP contribution < -0.4 is 10.6 Å². The van der Waals surface area contributed by atoms with Crippen LogP contribution in [0.3, 0.4) is 0 Å². The number of ether oxygens (including phenoxy) is 1. The highest BCUT2D eigenvalue weighted by Gasteiger charge is 2.40. The van der Waals surface area contributed by atoms with Crippen molar-refractivity contribution in [3.05, 3.63) is 35.6 Å². The number of rotatable bonds is 6. The smallest absolute Gasteiger partial charge is 0.314 e. The Bertz CT molecular complexity index is 575. The number of amides is 2. The Morgan fingerprint density at radius 2 is 2.08 bits per heavy atom. The molecule has 2 saturated heterocycles. The fourth-order valence-corrected chi connectivity index (χ4v) is 4.93. The van der Waals surface area contributed by atoms with Crippen molar-refractivity contribution in [2.75, 3.05) is 50.9 Å². The third-order valence-corrected chi connectivity index (χ3v) is 6.21. The second-order valence-electron chi connectivity index (χ2n) is 6.58. The summed E-state index contributed by atoms with van der Waals surface area (Å²) in [6, 6.07) is 6.49. The molecule has 0 aromatic heterocycles. The Morgan fingerprint density at radius 1 is 1.28 bits per heavy atom. The van der Waals surface area contributed by atoms with Gasteiger partial charge in [0, 0.05) is 37.5 Å². The molecule has 0 bridgehead atoms. The molecular formula is C18H26FN3O2S. The molecule has 5 nitrogen and oxygen atoms in total. The van der Waals surface area contributed by atoms with Gasteiger partial charge in [0.2, 0.25) is 0 Å². The van der Waals surface area contributed by atoms with Gasteiger partial charge in [-0.3, -0.25) is 4.90 Å². The highest BCUT2D eigenvalue weighted by atomic mass is 32.2. The molecule has 0 radical (unpaired) electrons. The summed E-state index contributed by atoms with van der Waals surface area (Å²) in [4.78, 5) is 14.6. The van der Waals surface area contributed by atoms with Gasteiger partial charge in [-0.25, -0.2) is 9.18 Å². The summed E-state index contributed by atoms with van der Waals surface area (Å²) >= 11 is 1.95. The molecule has 1 atom stereocenters. The summed E-state index contributed by atoms with van der Waals surface area (Å²) in [5.74, 6) is 1.95. The second-order valence-corrected chi connectivity index (χ2v) is 7.68. The van der Waals surface area contributed by atoms with Crippen LogP contribution >= 0.6 is 11.8 Å². The largest absolute Gasteiger partial charge is 0.379 e. The Balaban J connectivity index is 1.44. The molecule has 2 aliphatic heterocycles. The lowest BCUT2D eigenvalue weighted by Crippen LogP contribution is -2.59. The van der Waals surface area contributed by atoms with E-state index in [4.69, 9.17) is 4.74 Å². The number of urea groups is 1. The lowest BCUT2D eigenvalue weighted by atomic mass is 9.95. The number of thioether (sulfide) groups is 1. The van der Waals surface area contributed by atoms with Crippen LogP contribution in [0.15, 0.2) is 24.3 Å². The van der Waals surface area contributed by atoms with Crippen molar-refractivity contribution < 1.29 is 13.9 Å². The number of carbonyl (C=O) groups excluding carboxylic acids is 1. The molecule has 1 unspecified atom stereocenters. The lowest BCUT2D eigenvalue weighted by molar-refractivity contribution is -0.0124. The van der Waals surface area contributed by atoms with Gasteiger partial charge < -0.3 is 15.4 Å². The molecule has 2 heterocycles. The van der Waals surface area contributed by atoms with Gasteiger partial charge in [-0.05, 0) is 30.2 Å². The number of hydrogen-bond donors (Lipinski definition) is 2. The van der Waals surface area contributed by atoms with Gasteiger partial charge in [0.15, 0.2) is 0 Å². The van der Waals surface area contributed by atoms with Crippen molar-refractivity contribution >= 4 is 17.8 Å². The van der Waals surface area contributed by atoms with Crippen molar-refractivity contribution in [3.63, 3.8) is 0 Å². The minimum Gasteiger partial charge on any atom is -0.379 e. The van der Waals surface area contributed by atoms with E-state index in [2.05, 4.69) is 15.5 Å². The maximum atomic E-state index is 13.6. The summed E-state index contributed by atoms with van der Waals surface area (Å²) in [5.41, 5.74) is 0.664. The van der Waals surface area contributed by atoms with Gasteiger partial charge in [-0.1, -0.05) is 18.2 Å². The molecular weight excluding hydrogens is 341 g/mol. The summed E-state index contributed by atoms with van der Waals surface area (Å²) in [5, 5.41) is 5.86. The van der Waals surface area contributed by atoms with Crippen LogP contribution in [0.2, 0.25) is 0 Å². The molecule has 1 aromatic carbocycles. The predicted octanol–water partition coefficient (Wildman–Crippen LogP) is 1.88. The number of nitrogens with one attached hydrogen (secondary N) is 2. The van der Waals surface area contributed by atoms with Crippen molar-refractivity contribution in [1.82, 2.24) is 15.5 Å². The van der Waals surface area contributed by atoms with Crippen molar-refractivity contribution in [3.8, 4) is 0 Å². The molecule has 138 valence electrons. The fraction of sp³-hybridized carbons (Fsp3) is 0.611. The molecule has 0 spiro atoms. The maximum absolute atomic E-state index is 13.6. The van der Waals surface area contributed by atoms with Gasteiger partial charge in [-0.2, -0.15) is 11.8 Å². The summed E-state index contributed by atoms with van der Waals surface area (Å²) < 4.78 is 19.0. The molecule has 25 heavy (non-hydrogen) atoms. The van der Waals surface area contributed by atoms with Crippen molar-refractivity contribution in [1.29, 1.82) is 0 Å². The zero-order valence-corrected chi connectivity index (χ0v) is 15.2.